The van der Waals surface area contributed by atoms with Crippen LogP contribution in [0.3, 0.4) is 0 Å². The summed E-state index contributed by atoms with van der Waals surface area (Å²) in [4.78, 5) is 16.5. The van der Waals surface area contributed by atoms with E-state index in [1.807, 2.05) is 0 Å². The largest absolute Gasteiger partial charge is 0.309 e. The Labute approximate surface area is 373 Å². The molecule has 0 N–H and O–H groups in total. The maximum absolute atomic E-state index is 5.51. The molecule has 16 aromatic rings. The van der Waals surface area contributed by atoms with Crippen LogP contribution in [-0.4, -0.2) is 41.9 Å². The number of hydrogen-bond acceptors (Lipinski definition) is 3. The Bertz CT molecular complexity index is 4110. The van der Waals surface area contributed by atoms with Crippen LogP contribution in [-0.2, 0) is 0 Å². The highest BCUT2D eigenvalue weighted by atomic mass is 15.3. The zero-order valence-electron chi connectivity index (χ0n) is 35.1. The molecule has 9 heteroatoms. The van der Waals surface area contributed by atoms with E-state index >= 15 is 0 Å². The van der Waals surface area contributed by atoms with E-state index in [2.05, 4.69) is 227 Å². The number of para-hydroxylation sites is 6. The topological polar surface area (TPSA) is 66.7 Å². The summed E-state index contributed by atoms with van der Waals surface area (Å²) in [6, 6.07) is 71.7. The fourth-order valence-electron chi connectivity index (χ4n) is 11.2. The van der Waals surface area contributed by atoms with Crippen LogP contribution in [0.5, 0.6) is 0 Å². The molecule has 0 radical (unpaired) electrons. The number of aromatic nitrogens is 9. The number of imidazole rings is 3. The van der Waals surface area contributed by atoms with Gasteiger partial charge in [-0.2, -0.15) is 0 Å². The molecule has 0 saturated carbocycles. The van der Waals surface area contributed by atoms with Crippen LogP contribution in [0.25, 0.3) is 133 Å². The number of benzene rings is 9. The van der Waals surface area contributed by atoms with E-state index in [-0.39, 0.29) is 0 Å². The van der Waals surface area contributed by atoms with Gasteiger partial charge in [0, 0.05) is 49.4 Å². The third-order valence-corrected chi connectivity index (χ3v) is 14.0. The van der Waals surface area contributed by atoms with E-state index < -0.39 is 0 Å². The van der Waals surface area contributed by atoms with Crippen molar-refractivity contribution < 1.29 is 0 Å². The molecule has 0 aliphatic carbocycles. The maximum Gasteiger partial charge on any atom is 0.225 e. The Morgan fingerprint density at radius 2 is 0.455 bits per heavy atom. The minimum Gasteiger partial charge on any atom is -0.309 e. The van der Waals surface area contributed by atoms with E-state index in [1.165, 1.54) is 32.3 Å². The second-order valence-electron chi connectivity index (χ2n) is 17.4. The molecule has 7 heterocycles. The van der Waals surface area contributed by atoms with Crippen LogP contribution in [0.1, 0.15) is 0 Å². The van der Waals surface area contributed by atoms with Gasteiger partial charge >= 0.3 is 0 Å². The summed E-state index contributed by atoms with van der Waals surface area (Å²) in [5.74, 6) is 2.24. The third kappa shape index (κ3) is 4.31. The molecule has 0 aliphatic rings. The lowest BCUT2D eigenvalue weighted by Crippen LogP contribution is -2.04. The van der Waals surface area contributed by atoms with Gasteiger partial charge in [-0.3, -0.25) is 0 Å². The van der Waals surface area contributed by atoms with Crippen LogP contribution >= 0.6 is 0 Å². The smallest absolute Gasteiger partial charge is 0.225 e. The molecular weight excluding hydrogens is 811 g/mol. The van der Waals surface area contributed by atoms with Crippen molar-refractivity contribution in [1.82, 2.24) is 41.9 Å². The van der Waals surface area contributed by atoms with Gasteiger partial charge < -0.3 is 13.7 Å². The molecule has 306 valence electrons. The lowest BCUT2D eigenvalue weighted by Gasteiger charge is -2.09. The van der Waals surface area contributed by atoms with E-state index in [0.717, 1.165) is 101 Å². The minimum absolute atomic E-state index is 0.747. The first-order chi connectivity index (χ1) is 32.7. The van der Waals surface area contributed by atoms with Gasteiger partial charge in [-0.15, -0.1) is 0 Å². The van der Waals surface area contributed by atoms with Gasteiger partial charge in [-0.05, 0) is 91.0 Å². The van der Waals surface area contributed by atoms with Gasteiger partial charge in [-0.25, -0.2) is 28.2 Å². The first kappa shape index (κ1) is 34.3. The lowest BCUT2D eigenvalue weighted by molar-refractivity contribution is 1.01. The maximum atomic E-state index is 5.51. The summed E-state index contributed by atoms with van der Waals surface area (Å²) in [6.45, 7) is 0. The van der Waals surface area contributed by atoms with Crippen molar-refractivity contribution in [2.24, 2.45) is 0 Å². The van der Waals surface area contributed by atoms with Crippen molar-refractivity contribution in [3.8, 4) is 17.1 Å². The van der Waals surface area contributed by atoms with E-state index in [0.29, 0.717) is 0 Å². The normalized spacial score (nSPS) is 12.5. The second kappa shape index (κ2) is 12.3. The Morgan fingerprint density at radius 3 is 0.697 bits per heavy atom. The molecule has 16 rings (SSSR count). The van der Waals surface area contributed by atoms with Gasteiger partial charge in [0.1, 0.15) is 0 Å². The summed E-state index contributed by atoms with van der Waals surface area (Å²) in [5.41, 5.74) is 15.6. The van der Waals surface area contributed by atoms with E-state index in [9.17, 15) is 0 Å². The molecule has 9 nitrogen and oxygen atoms in total. The molecule has 0 fully saturated rings. The van der Waals surface area contributed by atoms with E-state index in [1.54, 1.807) is 0 Å². The third-order valence-electron chi connectivity index (χ3n) is 14.0. The number of rotatable bonds is 3. The number of hydrogen-bond donors (Lipinski definition) is 0. The van der Waals surface area contributed by atoms with Gasteiger partial charge in [0.15, 0.2) is 0 Å². The molecule has 0 unspecified atom stereocenters. The first-order valence-electron chi connectivity index (χ1n) is 22.3. The van der Waals surface area contributed by atoms with Gasteiger partial charge in [-0.1, -0.05) is 109 Å². The van der Waals surface area contributed by atoms with Gasteiger partial charge in [0.2, 0.25) is 17.3 Å². The molecule has 66 heavy (non-hydrogen) atoms. The Morgan fingerprint density at radius 1 is 0.227 bits per heavy atom. The highest BCUT2D eigenvalue weighted by Gasteiger charge is 2.24. The van der Waals surface area contributed by atoms with Crippen molar-refractivity contribution >= 4 is 116 Å². The van der Waals surface area contributed by atoms with E-state index in [4.69, 9.17) is 15.0 Å². The fourth-order valence-corrected chi connectivity index (χ4v) is 11.2. The molecule has 0 saturated heterocycles. The molecule has 0 aliphatic heterocycles. The predicted octanol–water partition coefficient (Wildman–Crippen LogP) is 13.4. The number of fused-ring (bicyclic) bond motifs is 21. The zero-order chi connectivity index (χ0) is 42.8. The van der Waals surface area contributed by atoms with Crippen LogP contribution in [0, 0.1) is 0 Å². The Hall–Kier alpha value is -9.21. The SMILES string of the molecule is c1ccc2c(c1)c1ccccc1n2-c1ccc2c(c1)nc1n2c2nc3cc(-n4c5ccccc5c5ccccc54)ccc3n2c2nc3cc(-n4c5ccccc5c5ccccc54)ccc3n12. The summed E-state index contributed by atoms with van der Waals surface area (Å²) < 4.78 is 13.7. The average Bonchev–Trinajstić information content (AvgIpc) is 4.22. The summed E-state index contributed by atoms with van der Waals surface area (Å²) in [6.07, 6.45) is 0. The van der Waals surface area contributed by atoms with Gasteiger partial charge in [0.05, 0.1) is 66.2 Å². The zero-order valence-corrected chi connectivity index (χ0v) is 35.1. The van der Waals surface area contributed by atoms with Crippen LogP contribution in [0.4, 0.5) is 0 Å². The van der Waals surface area contributed by atoms with Crippen molar-refractivity contribution in [3.63, 3.8) is 0 Å². The first-order valence-corrected chi connectivity index (χ1v) is 22.3. The van der Waals surface area contributed by atoms with Crippen molar-refractivity contribution in [3.05, 3.63) is 200 Å². The molecule has 0 bridgehead atoms. The second-order valence-corrected chi connectivity index (χ2v) is 17.4. The van der Waals surface area contributed by atoms with Gasteiger partial charge in [0.25, 0.3) is 0 Å². The standard InChI is InChI=1S/C57H33N9/c1-7-19-46-37(13-1)38-14-2-8-20-47(38)61(46)34-25-28-52-43(31-34)58-55-64(52)56-59-45-33-36(63-50-23-11-5-17-41(50)42-18-6-12-24-51(42)63)27-30-54(45)66(56)57-60-44-32-35(26-29-53(44)65(55)57)62-48-21-9-3-15-39(48)40-16-4-10-22-49(40)62/h1-33H. The highest BCUT2D eigenvalue weighted by Crippen LogP contribution is 2.38. The molecular formula is C57H33N9. The Kier molecular flexibility index (Phi) is 6.38. The molecule has 9 aromatic carbocycles. The number of nitrogens with zero attached hydrogens (tertiary/aromatic N) is 9. The molecule has 7 aromatic heterocycles. The van der Waals surface area contributed by atoms with Crippen LogP contribution in [0.2, 0.25) is 0 Å². The Balaban J connectivity index is 1.00. The molecule has 0 atom stereocenters. The average molecular weight is 844 g/mol. The lowest BCUT2D eigenvalue weighted by atomic mass is 10.2. The van der Waals surface area contributed by atoms with Crippen molar-refractivity contribution in [1.29, 1.82) is 0 Å². The fraction of sp³-hybridized carbons (Fsp3) is 0. The summed E-state index contributed by atoms with van der Waals surface area (Å²) in [7, 11) is 0. The minimum atomic E-state index is 0.747. The van der Waals surface area contributed by atoms with Crippen molar-refractivity contribution in [2.75, 3.05) is 0 Å². The molecule has 0 spiro atoms. The summed E-state index contributed by atoms with van der Waals surface area (Å²) >= 11 is 0. The molecule has 0 amide bonds. The monoisotopic (exact) mass is 843 g/mol. The van der Waals surface area contributed by atoms with Crippen molar-refractivity contribution in [2.45, 2.75) is 0 Å². The van der Waals surface area contributed by atoms with Crippen LogP contribution in [0.15, 0.2) is 200 Å². The quantitative estimate of drug-likeness (QED) is 0.178. The predicted molar refractivity (Wildman–Crippen MR) is 268 cm³/mol. The summed E-state index contributed by atoms with van der Waals surface area (Å²) in [5, 5.41) is 7.34. The highest BCUT2D eigenvalue weighted by molar-refractivity contribution is 6.11. The van der Waals surface area contributed by atoms with Crippen LogP contribution < -0.4 is 0 Å².